The van der Waals surface area contributed by atoms with E-state index in [2.05, 4.69) is 32.6 Å². The van der Waals surface area contributed by atoms with Crippen molar-refractivity contribution in [3.8, 4) is 5.75 Å². The number of nitrogens with zero attached hydrogens (tertiary/aromatic N) is 1. The zero-order valence-corrected chi connectivity index (χ0v) is 14.4. The number of ether oxygens (including phenoxy) is 1. The van der Waals surface area contributed by atoms with Crippen LogP contribution in [0.3, 0.4) is 0 Å². The largest absolute Gasteiger partial charge is 0.423 e. The number of hydrogen-bond donors (Lipinski definition) is 0. The van der Waals surface area contributed by atoms with Crippen molar-refractivity contribution in [2.45, 2.75) is 33.6 Å². The summed E-state index contributed by atoms with van der Waals surface area (Å²) in [5.41, 5.74) is 2.78. The second kappa shape index (κ2) is 7.82. The number of esters is 1. The van der Waals surface area contributed by atoms with Crippen LogP contribution in [0.2, 0.25) is 0 Å². The molecule has 0 saturated heterocycles. The first-order valence-corrected chi connectivity index (χ1v) is 8.22. The Morgan fingerprint density at radius 3 is 2.17 bits per heavy atom. The van der Waals surface area contributed by atoms with Crippen molar-refractivity contribution in [1.82, 2.24) is 0 Å². The van der Waals surface area contributed by atoms with Gasteiger partial charge in [-0.2, -0.15) is 0 Å². The number of anilines is 1. The number of carbonyl (C=O) groups excluding carboxylic acids is 1. The van der Waals surface area contributed by atoms with Gasteiger partial charge in [0.1, 0.15) is 5.75 Å². The smallest absolute Gasteiger partial charge is 0.343 e. The monoisotopic (exact) mass is 311 g/mol. The van der Waals surface area contributed by atoms with Crippen molar-refractivity contribution in [1.29, 1.82) is 0 Å². The minimum Gasteiger partial charge on any atom is -0.423 e. The molecule has 0 heterocycles. The van der Waals surface area contributed by atoms with Gasteiger partial charge < -0.3 is 9.64 Å². The molecular weight excluding hydrogens is 286 g/mol. The summed E-state index contributed by atoms with van der Waals surface area (Å²) >= 11 is 0. The van der Waals surface area contributed by atoms with E-state index in [0.717, 1.165) is 24.3 Å². The number of carbonyl (C=O) groups is 1. The van der Waals surface area contributed by atoms with Crippen LogP contribution in [-0.4, -0.2) is 19.1 Å². The summed E-state index contributed by atoms with van der Waals surface area (Å²) < 4.78 is 5.54. The van der Waals surface area contributed by atoms with Crippen molar-refractivity contribution < 1.29 is 9.53 Å². The lowest BCUT2D eigenvalue weighted by molar-refractivity contribution is 0.0733. The van der Waals surface area contributed by atoms with Crippen molar-refractivity contribution in [2.75, 3.05) is 18.0 Å². The van der Waals surface area contributed by atoms with Crippen molar-refractivity contribution in [2.24, 2.45) is 0 Å². The Labute approximate surface area is 138 Å². The van der Waals surface area contributed by atoms with Gasteiger partial charge in [0, 0.05) is 18.8 Å². The van der Waals surface area contributed by atoms with Crippen molar-refractivity contribution in [3.63, 3.8) is 0 Å². The average molecular weight is 311 g/mol. The Kier molecular flexibility index (Phi) is 5.80. The summed E-state index contributed by atoms with van der Waals surface area (Å²) in [5, 5.41) is 0. The fourth-order valence-corrected chi connectivity index (χ4v) is 2.66. The second-order valence-corrected chi connectivity index (χ2v) is 5.80. The molecule has 0 spiro atoms. The minimum atomic E-state index is -0.301. The van der Waals surface area contributed by atoms with E-state index < -0.39 is 0 Å². The number of benzene rings is 2. The molecule has 0 fully saturated rings. The molecule has 2 aromatic rings. The summed E-state index contributed by atoms with van der Waals surface area (Å²) in [4.78, 5) is 14.7. The topological polar surface area (TPSA) is 29.5 Å². The van der Waals surface area contributed by atoms with Gasteiger partial charge in [-0.3, -0.25) is 0 Å². The summed E-state index contributed by atoms with van der Waals surface area (Å²) in [5.74, 6) is 0.554. The van der Waals surface area contributed by atoms with Crippen LogP contribution >= 0.6 is 0 Å². The average Bonchev–Trinajstić information content (AvgIpc) is 2.57. The first-order valence-electron chi connectivity index (χ1n) is 8.22. The Morgan fingerprint density at radius 1 is 1.00 bits per heavy atom. The zero-order valence-electron chi connectivity index (χ0n) is 14.4. The molecule has 2 aromatic carbocycles. The van der Waals surface area contributed by atoms with Crippen LogP contribution in [0.15, 0.2) is 48.5 Å². The molecule has 122 valence electrons. The summed E-state index contributed by atoms with van der Waals surface area (Å²) in [6, 6.07) is 15.3. The first kappa shape index (κ1) is 17.1. The minimum absolute atomic E-state index is 0.281. The molecule has 3 heteroatoms. The van der Waals surface area contributed by atoms with Gasteiger partial charge in [0.2, 0.25) is 0 Å². The van der Waals surface area contributed by atoms with Gasteiger partial charge in [-0.15, -0.1) is 0 Å². The van der Waals surface area contributed by atoms with Gasteiger partial charge in [-0.25, -0.2) is 4.79 Å². The molecule has 0 aliphatic carbocycles. The predicted octanol–water partition coefficient (Wildman–Crippen LogP) is 4.88. The Hall–Kier alpha value is -2.29. The molecule has 3 nitrogen and oxygen atoms in total. The fourth-order valence-electron chi connectivity index (χ4n) is 2.66. The SMILES string of the molecule is CCN(CC)c1ccc(OC(=O)c2ccccc2C(C)C)cc1. The Morgan fingerprint density at radius 2 is 1.61 bits per heavy atom. The molecule has 0 N–H and O–H groups in total. The van der Waals surface area contributed by atoms with E-state index in [9.17, 15) is 4.79 Å². The van der Waals surface area contributed by atoms with Crippen LogP contribution in [-0.2, 0) is 0 Å². The summed E-state index contributed by atoms with van der Waals surface area (Å²) in [7, 11) is 0. The molecule has 0 unspecified atom stereocenters. The summed E-state index contributed by atoms with van der Waals surface area (Å²) in [6.07, 6.45) is 0. The molecule has 0 atom stereocenters. The van der Waals surface area contributed by atoms with Crippen LogP contribution in [0.25, 0.3) is 0 Å². The van der Waals surface area contributed by atoms with Crippen LogP contribution in [0.4, 0.5) is 5.69 Å². The predicted molar refractivity (Wildman–Crippen MR) is 95.5 cm³/mol. The third-order valence-electron chi connectivity index (χ3n) is 3.98. The van der Waals surface area contributed by atoms with E-state index in [0.29, 0.717) is 11.3 Å². The highest BCUT2D eigenvalue weighted by molar-refractivity contribution is 5.92. The molecule has 0 amide bonds. The maximum atomic E-state index is 12.4. The molecule has 0 bridgehead atoms. The molecule has 0 aliphatic heterocycles. The Balaban J connectivity index is 2.15. The van der Waals surface area contributed by atoms with E-state index in [-0.39, 0.29) is 11.9 Å². The molecule has 0 saturated carbocycles. The van der Waals surface area contributed by atoms with Crippen LogP contribution in [0.5, 0.6) is 5.75 Å². The first-order chi connectivity index (χ1) is 11.1. The van der Waals surface area contributed by atoms with E-state index in [4.69, 9.17) is 4.74 Å². The van der Waals surface area contributed by atoms with Gasteiger partial charge in [-0.1, -0.05) is 32.0 Å². The van der Waals surface area contributed by atoms with Crippen LogP contribution in [0.1, 0.15) is 49.5 Å². The third kappa shape index (κ3) is 4.13. The maximum absolute atomic E-state index is 12.4. The lowest BCUT2D eigenvalue weighted by atomic mass is 9.97. The van der Waals surface area contributed by atoms with Crippen molar-refractivity contribution >= 4 is 11.7 Å². The third-order valence-corrected chi connectivity index (χ3v) is 3.98. The van der Waals surface area contributed by atoms with Gasteiger partial charge in [0.15, 0.2) is 0 Å². The van der Waals surface area contributed by atoms with Gasteiger partial charge in [0.25, 0.3) is 0 Å². The zero-order chi connectivity index (χ0) is 16.8. The Bertz CT molecular complexity index is 643. The van der Waals surface area contributed by atoms with Gasteiger partial charge in [-0.05, 0) is 55.7 Å². The molecule has 23 heavy (non-hydrogen) atoms. The fraction of sp³-hybridized carbons (Fsp3) is 0.350. The van der Waals surface area contributed by atoms with Crippen LogP contribution in [0, 0.1) is 0 Å². The lowest BCUT2D eigenvalue weighted by Gasteiger charge is -2.21. The van der Waals surface area contributed by atoms with E-state index in [1.165, 1.54) is 0 Å². The molecule has 0 aromatic heterocycles. The highest BCUT2D eigenvalue weighted by Gasteiger charge is 2.15. The molecule has 0 aliphatic rings. The number of hydrogen-bond acceptors (Lipinski definition) is 3. The molecular formula is C20H25NO2. The van der Waals surface area contributed by atoms with E-state index in [1.807, 2.05) is 48.5 Å². The van der Waals surface area contributed by atoms with Gasteiger partial charge in [0.05, 0.1) is 5.56 Å². The lowest BCUT2D eigenvalue weighted by Crippen LogP contribution is -2.21. The van der Waals surface area contributed by atoms with Gasteiger partial charge >= 0.3 is 5.97 Å². The van der Waals surface area contributed by atoms with E-state index in [1.54, 1.807) is 0 Å². The quantitative estimate of drug-likeness (QED) is 0.563. The standard InChI is InChI=1S/C20H25NO2/c1-5-21(6-2)16-11-13-17(14-12-16)23-20(22)19-10-8-7-9-18(19)15(3)4/h7-15H,5-6H2,1-4H3. The molecule has 2 rings (SSSR count). The highest BCUT2D eigenvalue weighted by atomic mass is 16.5. The maximum Gasteiger partial charge on any atom is 0.343 e. The summed E-state index contributed by atoms with van der Waals surface area (Å²) in [6.45, 7) is 10.3. The number of rotatable bonds is 6. The second-order valence-electron chi connectivity index (χ2n) is 5.80. The highest BCUT2D eigenvalue weighted by Crippen LogP contribution is 2.23. The molecule has 0 radical (unpaired) electrons. The van der Waals surface area contributed by atoms with Crippen molar-refractivity contribution in [3.05, 3.63) is 59.7 Å². The normalized spacial score (nSPS) is 10.7. The van der Waals surface area contributed by atoms with Crippen LogP contribution < -0.4 is 9.64 Å². The van der Waals surface area contributed by atoms with E-state index >= 15 is 0 Å².